The van der Waals surface area contributed by atoms with Gasteiger partial charge in [-0.25, -0.2) is 0 Å². The SMILES string of the molecule is COc1cc(C(N)CC2CCNC2)c(OC)cc1C. The van der Waals surface area contributed by atoms with E-state index in [1.165, 1.54) is 6.42 Å². The molecule has 1 aliphatic heterocycles. The number of rotatable bonds is 5. The highest BCUT2D eigenvalue weighted by atomic mass is 16.5. The Hall–Kier alpha value is -1.26. The normalized spacial score (nSPS) is 20.3. The summed E-state index contributed by atoms with van der Waals surface area (Å²) in [5, 5.41) is 3.38. The number of hydrogen-bond acceptors (Lipinski definition) is 4. The van der Waals surface area contributed by atoms with Crippen molar-refractivity contribution in [1.82, 2.24) is 5.32 Å². The Balaban J connectivity index is 2.20. The minimum absolute atomic E-state index is 0.00523. The van der Waals surface area contributed by atoms with Gasteiger partial charge in [0.05, 0.1) is 14.2 Å². The van der Waals surface area contributed by atoms with Crippen LogP contribution in [0, 0.1) is 12.8 Å². The van der Waals surface area contributed by atoms with Crippen LogP contribution >= 0.6 is 0 Å². The molecule has 0 spiro atoms. The molecule has 1 aliphatic rings. The highest BCUT2D eigenvalue weighted by Gasteiger charge is 2.21. The van der Waals surface area contributed by atoms with Crippen LogP contribution in [0.25, 0.3) is 0 Å². The molecule has 1 aromatic carbocycles. The molecule has 3 N–H and O–H groups in total. The zero-order valence-electron chi connectivity index (χ0n) is 12.0. The van der Waals surface area contributed by atoms with Gasteiger partial charge in [-0.1, -0.05) is 0 Å². The summed E-state index contributed by atoms with van der Waals surface area (Å²) >= 11 is 0. The third-order valence-electron chi connectivity index (χ3n) is 3.90. The molecule has 4 nitrogen and oxygen atoms in total. The van der Waals surface area contributed by atoms with Crippen LogP contribution in [0.2, 0.25) is 0 Å². The van der Waals surface area contributed by atoms with Crippen LogP contribution in [0.3, 0.4) is 0 Å². The van der Waals surface area contributed by atoms with Crippen molar-refractivity contribution in [2.45, 2.75) is 25.8 Å². The van der Waals surface area contributed by atoms with E-state index in [4.69, 9.17) is 15.2 Å². The van der Waals surface area contributed by atoms with Crippen LogP contribution in [0.15, 0.2) is 12.1 Å². The predicted octanol–water partition coefficient (Wildman–Crippen LogP) is 2.01. The number of hydrogen-bond donors (Lipinski definition) is 2. The second kappa shape index (κ2) is 6.26. The molecule has 1 fully saturated rings. The van der Waals surface area contributed by atoms with Gasteiger partial charge < -0.3 is 20.5 Å². The van der Waals surface area contributed by atoms with Gasteiger partial charge in [-0.15, -0.1) is 0 Å². The molecule has 1 saturated heterocycles. The summed E-state index contributed by atoms with van der Waals surface area (Å²) < 4.78 is 10.8. The molecule has 2 rings (SSSR count). The molecule has 0 bridgehead atoms. The average molecular weight is 264 g/mol. The first kappa shape index (κ1) is 14.2. The van der Waals surface area contributed by atoms with Crippen molar-refractivity contribution in [3.8, 4) is 11.5 Å². The molecule has 0 radical (unpaired) electrons. The number of nitrogens with one attached hydrogen (secondary N) is 1. The van der Waals surface area contributed by atoms with E-state index in [2.05, 4.69) is 5.32 Å². The van der Waals surface area contributed by atoms with Gasteiger partial charge in [0.15, 0.2) is 0 Å². The fourth-order valence-electron chi connectivity index (χ4n) is 2.77. The summed E-state index contributed by atoms with van der Waals surface area (Å²) in [6, 6.07) is 4.01. The van der Waals surface area contributed by atoms with Crippen molar-refractivity contribution in [1.29, 1.82) is 0 Å². The lowest BCUT2D eigenvalue weighted by Crippen LogP contribution is -2.18. The van der Waals surface area contributed by atoms with Crippen LogP contribution in [-0.2, 0) is 0 Å². The van der Waals surface area contributed by atoms with E-state index in [0.29, 0.717) is 5.92 Å². The summed E-state index contributed by atoms with van der Waals surface area (Å²) in [5.74, 6) is 2.39. The summed E-state index contributed by atoms with van der Waals surface area (Å²) in [7, 11) is 3.37. The predicted molar refractivity (Wildman–Crippen MR) is 76.8 cm³/mol. The third-order valence-corrected chi connectivity index (χ3v) is 3.90. The van der Waals surface area contributed by atoms with E-state index in [0.717, 1.165) is 42.1 Å². The minimum atomic E-state index is -0.00523. The largest absolute Gasteiger partial charge is 0.496 e. The number of nitrogens with two attached hydrogens (primary N) is 1. The van der Waals surface area contributed by atoms with Crippen molar-refractivity contribution in [3.05, 3.63) is 23.3 Å². The maximum Gasteiger partial charge on any atom is 0.124 e. The van der Waals surface area contributed by atoms with Crippen LogP contribution in [0.5, 0.6) is 11.5 Å². The molecule has 0 aromatic heterocycles. The number of methoxy groups -OCH3 is 2. The van der Waals surface area contributed by atoms with Crippen LogP contribution < -0.4 is 20.5 Å². The quantitative estimate of drug-likeness (QED) is 0.854. The molecule has 0 aliphatic carbocycles. The maximum absolute atomic E-state index is 6.36. The fourth-order valence-corrected chi connectivity index (χ4v) is 2.77. The first-order valence-electron chi connectivity index (χ1n) is 6.84. The van der Waals surface area contributed by atoms with E-state index in [1.54, 1.807) is 14.2 Å². The van der Waals surface area contributed by atoms with Gasteiger partial charge in [0.25, 0.3) is 0 Å². The van der Waals surface area contributed by atoms with Gasteiger partial charge in [-0.2, -0.15) is 0 Å². The minimum Gasteiger partial charge on any atom is -0.496 e. The van der Waals surface area contributed by atoms with Crippen LogP contribution in [-0.4, -0.2) is 27.3 Å². The van der Waals surface area contributed by atoms with Crippen molar-refractivity contribution in [2.24, 2.45) is 11.7 Å². The molecule has 4 heteroatoms. The Morgan fingerprint density at radius 2 is 2.05 bits per heavy atom. The van der Waals surface area contributed by atoms with E-state index in [9.17, 15) is 0 Å². The topological polar surface area (TPSA) is 56.5 Å². The van der Waals surface area contributed by atoms with Crippen molar-refractivity contribution in [2.75, 3.05) is 27.3 Å². The summed E-state index contributed by atoms with van der Waals surface area (Å²) in [6.45, 7) is 4.18. The summed E-state index contributed by atoms with van der Waals surface area (Å²) in [4.78, 5) is 0. The van der Waals surface area contributed by atoms with Gasteiger partial charge >= 0.3 is 0 Å². The number of ether oxygens (including phenoxy) is 2. The molecule has 1 heterocycles. The lowest BCUT2D eigenvalue weighted by Gasteiger charge is -2.20. The van der Waals surface area contributed by atoms with Crippen LogP contribution in [0.1, 0.15) is 30.0 Å². The highest BCUT2D eigenvalue weighted by molar-refractivity contribution is 5.47. The summed E-state index contributed by atoms with van der Waals surface area (Å²) in [5.41, 5.74) is 8.47. The molecule has 106 valence electrons. The van der Waals surface area contributed by atoms with Gasteiger partial charge in [-0.3, -0.25) is 0 Å². The summed E-state index contributed by atoms with van der Waals surface area (Å²) in [6.07, 6.45) is 2.19. The van der Waals surface area contributed by atoms with Gasteiger partial charge in [0, 0.05) is 11.6 Å². The lowest BCUT2D eigenvalue weighted by atomic mass is 9.93. The first-order chi connectivity index (χ1) is 9.15. The lowest BCUT2D eigenvalue weighted by molar-refractivity contribution is 0.386. The number of benzene rings is 1. The Bertz CT molecular complexity index is 428. The van der Waals surface area contributed by atoms with Gasteiger partial charge in [0.1, 0.15) is 11.5 Å². The standard InChI is InChI=1S/C15H24N2O2/c1-10-6-15(19-3)12(8-14(10)18-2)13(16)7-11-4-5-17-9-11/h6,8,11,13,17H,4-5,7,9,16H2,1-3H3. The molecule has 19 heavy (non-hydrogen) atoms. The molecule has 0 saturated carbocycles. The van der Waals surface area contributed by atoms with Crippen molar-refractivity contribution >= 4 is 0 Å². The van der Waals surface area contributed by atoms with Crippen molar-refractivity contribution in [3.63, 3.8) is 0 Å². The first-order valence-corrected chi connectivity index (χ1v) is 6.84. The Morgan fingerprint density at radius 3 is 2.63 bits per heavy atom. The van der Waals surface area contributed by atoms with E-state index in [-0.39, 0.29) is 6.04 Å². The Morgan fingerprint density at radius 1 is 1.32 bits per heavy atom. The molecular formula is C15H24N2O2. The molecule has 2 atom stereocenters. The van der Waals surface area contributed by atoms with Crippen LogP contribution in [0.4, 0.5) is 0 Å². The zero-order valence-corrected chi connectivity index (χ0v) is 12.0. The molecular weight excluding hydrogens is 240 g/mol. The second-order valence-corrected chi connectivity index (χ2v) is 5.26. The third kappa shape index (κ3) is 3.19. The molecule has 2 unspecified atom stereocenters. The Labute approximate surface area is 115 Å². The van der Waals surface area contributed by atoms with E-state index < -0.39 is 0 Å². The van der Waals surface area contributed by atoms with Gasteiger partial charge in [-0.05, 0) is 56.5 Å². The molecule has 1 aromatic rings. The maximum atomic E-state index is 6.36. The number of aryl methyl sites for hydroxylation is 1. The molecule has 0 amide bonds. The van der Waals surface area contributed by atoms with Gasteiger partial charge in [0.2, 0.25) is 0 Å². The smallest absolute Gasteiger partial charge is 0.124 e. The second-order valence-electron chi connectivity index (χ2n) is 5.26. The van der Waals surface area contributed by atoms with E-state index in [1.807, 2.05) is 19.1 Å². The fraction of sp³-hybridized carbons (Fsp3) is 0.600. The zero-order chi connectivity index (χ0) is 13.8. The van der Waals surface area contributed by atoms with E-state index >= 15 is 0 Å². The monoisotopic (exact) mass is 264 g/mol. The Kier molecular flexibility index (Phi) is 4.66. The van der Waals surface area contributed by atoms with Crippen molar-refractivity contribution < 1.29 is 9.47 Å². The average Bonchev–Trinajstić information content (AvgIpc) is 2.91. The highest BCUT2D eigenvalue weighted by Crippen LogP contribution is 2.34.